The number of hydrogen-bond donors (Lipinski definition) is 0. The number of rotatable bonds is 12. The fraction of sp³-hybridized carbons (Fsp3) is 0.750. The monoisotopic (exact) mass is 528 g/mol. The number of allylic oxidation sites excluding steroid dienone is 1. The minimum absolute atomic E-state index is 0.134. The topological polar surface area (TPSA) is 22.0 Å². The maximum absolute atomic E-state index is 13.7. The summed E-state index contributed by atoms with van der Waals surface area (Å²) in [6, 6.07) is 4.08. The van der Waals surface area contributed by atoms with Crippen LogP contribution in [0.3, 0.4) is 0 Å². The van der Waals surface area contributed by atoms with Crippen LogP contribution in [0, 0.1) is 32.5 Å². The minimum Gasteiger partial charge on any atom is -0.343 e. The molecular weight excluding hydrogens is 462 g/mol. The van der Waals surface area contributed by atoms with Gasteiger partial charge in [-0.15, -0.1) is 0 Å². The predicted octanol–water partition coefficient (Wildman–Crippen LogP) is 9.59. The van der Waals surface area contributed by atoms with E-state index in [1.807, 2.05) is 32.9 Å². The second-order valence-corrected chi connectivity index (χ2v) is 15.0. The minimum atomic E-state index is -0.485. The molecule has 1 rings (SSSR count). The molecule has 0 bridgehead atoms. The summed E-state index contributed by atoms with van der Waals surface area (Å²) in [5.74, 6) is 0.358. The molecule has 1 heterocycles. The normalized spacial score (nSPS) is 16.2. The Balaban J connectivity index is 0.00000667. The van der Waals surface area contributed by atoms with Crippen molar-refractivity contribution >= 4 is 18.9 Å². The molecule has 1 aromatic heterocycles. The van der Waals surface area contributed by atoms with Gasteiger partial charge in [-0.1, -0.05) is 129 Å². The largest absolute Gasteiger partial charge is 0.343 e. The fourth-order valence-corrected chi connectivity index (χ4v) is 6.95. The standard InChI is InChI=1S/C34H59NO.C2H6/c1-17-28(36)34(16,30(8,9)10)32(13,14)31(11,12)33(15,24-29(5,6)7)25(2)20-18-19-23-35-26(3)21-22-27(35)4;1-2/h21-22H,2-4,17-20,23-24H2,1,5-16H3;1-2H3. The highest BCUT2D eigenvalue weighted by Gasteiger charge is 2.63. The van der Waals surface area contributed by atoms with E-state index in [1.165, 1.54) is 5.57 Å². The van der Waals surface area contributed by atoms with Crippen LogP contribution in [0.4, 0.5) is 0 Å². The lowest BCUT2D eigenvalue weighted by molar-refractivity contribution is -0.171. The van der Waals surface area contributed by atoms with Crippen molar-refractivity contribution in [1.82, 2.24) is 4.57 Å². The molecule has 2 unspecified atom stereocenters. The number of hydrogen-bond acceptors (Lipinski definition) is 1. The lowest BCUT2D eigenvalue weighted by Gasteiger charge is -2.64. The third-order valence-electron chi connectivity index (χ3n) is 10.5. The van der Waals surface area contributed by atoms with E-state index < -0.39 is 5.41 Å². The number of unbranched alkanes of at least 4 members (excludes halogenated alkanes) is 1. The number of carbonyl (C=O) groups excluding carboxylic acids is 1. The smallest absolute Gasteiger partial charge is 0.139 e. The van der Waals surface area contributed by atoms with Crippen molar-refractivity contribution in [3.8, 4) is 0 Å². The van der Waals surface area contributed by atoms with Gasteiger partial charge >= 0.3 is 0 Å². The molecule has 0 N–H and O–H groups in total. The van der Waals surface area contributed by atoms with Gasteiger partial charge in [0.15, 0.2) is 0 Å². The van der Waals surface area contributed by atoms with Gasteiger partial charge in [0.1, 0.15) is 5.78 Å². The molecule has 38 heavy (non-hydrogen) atoms. The molecule has 0 aliphatic heterocycles. The fourth-order valence-electron chi connectivity index (χ4n) is 6.95. The molecule has 0 fully saturated rings. The van der Waals surface area contributed by atoms with E-state index in [0.717, 1.165) is 42.9 Å². The van der Waals surface area contributed by atoms with Gasteiger partial charge in [-0.3, -0.25) is 4.79 Å². The molecule has 0 aliphatic rings. The summed E-state index contributed by atoms with van der Waals surface area (Å²) < 4.78 is 2.20. The summed E-state index contributed by atoms with van der Waals surface area (Å²) in [5.41, 5.74) is 0.198. The Morgan fingerprint density at radius 1 is 0.789 bits per heavy atom. The molecule has 1 aromatic rings. The van der Waals surface area contributed by atoms with E-state index in [4.69, 9.17) is 6.58 Å². The highest BCUT2D eigenvalue weighted by Crippen LogP contribution is 2.68. The third-order valence-corrected chi connectivity index (χ3v) is 10.5. The van der Waals surface area contributed by atoms with Gasteiger partial charge in [-0.25, -0.2) is 0 Å². The Morgan fingerprint density at radius 3 is 1.61 bits per heavy atom. The van der Waals surface area contributed by atoms with E-state index in [1.54, 1.807) is 0 Å². The molecule has 0 radical (unpaired) electrons. The van der Waals surface area contributed by atoms with Gasteiger partial charge in [0.25, 0.3) is 0 Å². The van der Waals surface area contributed by atoms with Crippen LogP contribution >= 0.6 is 0 Å². The molecule has 0 saturated carbocycles. The first-order valence-electron chi connectivity index (χ1n) is 15.1. The van der Waals surface area contributed by atoms with Crippen LogP contribution in [-0.2, 0) is 11.3 Å². The summed E-state index contributed by atoms with van der Waals surface area (Å²) in [7, 11) is 0. The number of aromatic nitrogens is 1. The maximum atomic E-state index is 13.7. The predicted molar refractivity (Wildman–Crippen MR) is 172 cm³/mol. The molecule has 2 nitrogen and oxygen atoms in total. The van der Waals surface area contributed by atoms with Crippen LogP contribution in [0.5, 0.6) is 0 Å². The lowest BCUT2D eigenvalue weighted by Crippen LogP contribution is -2.61. The number of carbonyl (C=O) groups is 1. The zero-order valence-corrected chi connectivity index (χ0v) is 28.4. The van der Waals surface area contributed by atoms with Crippen LogP contribution in [0.15, 0.2) is 24.3 Å². The second-order valence-electron chi connectivity index (χ2n) is 15.0. The van der Waals surface area contributed by atoms with Crippen molar-refractivity contribution in [3.63, 3.8) is 0 Å². The number of ketones is 1. The van der Waals surface area contributed by atoms with Crippen molar-refractivity contribution < 1.29 is 4.79 Å². The summed E-state index contributed by atoms with van der Waals surface area (Å²) >= 11 is 0. The van der Waals surface area contributed by atoms with E-state index in [9.17, 15) is 4.79 Å². The zero-order chi connectivity index (χ0) is 30.5. The number of Topliss-reactive ketones (excluding diaryl/α,β-unsaturated/α-hetero) is 1. The molecule has 0 spiro atoms. The summed E-state index contributed by atoms with van der Waals surface area (Å²) in [5, 5.41) is 2.06. The molecular formula is C36H65NO. The average molecular weight is 528 g/mol. The Labute approximate surface area is 238 Å². The van der Waals surface area contributed by atoms with E-state index >= 15 is 0 Å². The summed E-state index contributed by atoms with van der Waals surface area (Å²) in [6.45, 7) is 47.8. The Bertz CT molecular complexity index is 995. The molecule has 0 saturated heterocycles. The molecule has 220 valence electrons. The van der Waals surface area contributed by atoms with Crippen molar-refractivity contribution in [3.05, 3.63) is 35.0 Å². The van der Waals surface area contributed by atoms with Gasteiger partial charge in [0, 0.05) is 29.1 Å². The van der Waals surface area contributed by atoms with Gasteiger partial charge in [-0.2, -0.15) is 0 Å². The molecule has 2 heteroatoms. The average Bonchev–Trinajstić information content (AvgIpc) is 3.11. The summed E-state index contributed by atoms with van der Waals surface area (Å²) in [6.07, 6.45) is 4.73. The van der Waals surface area contributed by atoms with Crippen molar-refractivity contribution in [1.29, 1.82) is 0 Å². The van der Waals surface area contributed by atoms with Crippen LogP contribution < -0.4 is 10.7 Å². The quantitative estimate of drug-likeness (QED) is 0.196. The second kappa shape index (κ2) is 12.7. The van der Waals surface area contributed by atoms with E-state index in [-0.39, 0.29) is 27.1 Å². The first kappa shape index (κ1) is 36.4. The van der Waals surface area contributed by atoms with Crippen molar-refractivity contribution in [2.24, 2.45) is 32.5 Å². The first-order chi connectivity index (χ1) is 17.0. The van der Waals surface area contributed by atoms with E-state index in [2.05, 4.69) is 101 Å². The molecule has 0 aliphatic carbocycles. The summed E-state index contributed by atoms with van der Waals surface area (Å²) in [4.78, 5) is 13.7. The van der Waals surface area contributed by atoms with E-state index in [0.29, 0.717) is 12.2 Å². The maximum Gasteiger partial charge on any atom is 0.139 e. The van der Waals surface area contributed by atoms with Crippen LogP contribution in [0.2, 0.25) is 0 Å². The van der Waals surface area contributed by atoms with Gasteiger partial charge in [-0.05, 0) is 64.9 Å². The van der Waals surface area contributed by atoms with Crippen molar-refractivity contribution in [2.75, 3.05) is 0 Å². The third kappa shape index (κ3) is 6.95. The van der Waals surface area contributed by atoms with Crippen LogP contribution in [0.25, 0.3) is 13.2 Å². The highest BCUT2D eigenvalue weighted by atomic mass is 16.1. The zero-order valence-electron chi connectivity index (χ0n) is 28.4. The van der Waals surface area contributed by atoms with Gasteiger partial charge in [0.2, 0.25) is 0 Å². The number of nitrogens with zero attached hydrogens (tertiary/aromatic N) is 1. The van der Waals surface area contributed by atoms with Gasteiger partial charge < -0.3 is 4.57 Å². The SMILES string of the molecule is C=C(CCCCn1c(=C)ccc1=C)C(C)(CC(C)(C)C)C(C)(C)C(C)(C)C(C)(C(=O)CC)C(C)(C)C.CC. The Morgan fingerprint density at radius 2 is 1.24 bits per heavy atom. The Hall–Kier alpha value is -1.57. The van der Waals surface area contributed by atoms with Crippen molar-refractivity contribution in [2.45, 2.75) is 143 Å². The molecule has 0 aromatic carbocycles. The van der Waals surface area contributed by atoms with Crippen LogP contribution in [0.1, 0.15) is 136 Å². The first-order valence-corrected chi connectivity index (χ1v) is 15.1. The highest BCUT2D eigenvalue weighted by molar-refractivity contribution is 5.86. The lowest BCUT2D eigenvalue weighted by atomic mass is 9.39. The van der Waals surface area contributed by atoms with Gasteiger partial charge in [0.05, 0.1) is 0 Å². The van der Waals surface area contributed by atoms with Crippen LogP contribution in [-0.4, -0.2) is 10.4 Å². The Kier molecular flexibility index (Phi) is 12.2. The molecule has 0 amide bonds. The molecule has 2 atom stereocenters.